The molecule has 0 aliphatic heterocycles. The summed E-state index contributed by atoms with van der Waals surface area (Å²) in [7, 11) is 0. The van der Waals surface area contributed by atoms with Gasteiger partial charge < -0.3 is 0 Å². The highest BCUT2D eigenvalue weighted by atomic mass is 14.0. The largest absolute Gasteiger partial charge is 0.106 e. The van der Waals surface area contributed by atoms with Gasteiger partial charge in [0.05, 0.1) is 0 Å². The number of rotatable bonds is 1. The Hall–Kier alpha value is -1.30. The van der Waals surface area contributed by atoms with Gasteiger partial charge >= 0.3 is 0 Å². The van der Waals surface area contributed by atoms with Gasteiger partial charge in [0.2, 0.25) is 0 Å². The quantitative estimate of drug-likeness (QED) is 0.519. The van der Waals surface area contributed by atoms with Crippen molar-refractivity contribution in [2.75, 3.05) is 0 Å². The van der Waals surface area contributed by atoms with E-state index in [0.29, 0.717) is 0 Å². The van der Waals surface area contributed by atoms with Crippen LogP contribution in [-0.2, 0) is 0 Å². The molecular formula is C14H22. The molecule has 14 heavy (non-hydrogen) atoms. The van der Waals surface area contributed by atoms with Crippen LogP contribution in [0.3, 0.4) is 0 Å². The zero-order valence-corrected chi connectivity index (χ0v) is 8.59. The van der Waals surface area contributed by atoms with Gasteiger partial charge in [0.15, 0.2) is 0 Å². The normalized spacial score (nSPS) is 15.1. The molecule has 0 spiro atoms. The molecule has 78 valence electrons. The van der Waals surface area contributed by atoms with Crippen molar-refractivity contribution in [1.29, 1.82) is 0 Å². The molecule has 0 aromatic rings. The molecule has 1 aliphatic rings. The van der Waals surface area contributed by atoms with E-state index in [9.17, 15) is 0 Å². The Bertz CT molecular complexity index is 245. The Morgan fingerprint density at radius 3 is 2.36 bits per heavy atom. The maximum atomic E-state index is 3.00. The van der Waals surface area contributed by atoms with E-state index in [1.807, 2.05) is 0 Å². The Balaban J connectivity index is 0. The molecule has 0 heteroatoms. The summed E-state index contributed by atoms with van der Waals surface area (Å²) in [5.41, 5.74) is 2.73. The van der Waals surface area contributed by atoms with Gasteiger partial charge in [-0.15, -0.1) is 13.2 Å². The molecule has 0 nitrogen and oxygen atoms in total. The SMILES string of the molecule is C.C=C.CC(C)=C/C=C1/C=CC=CC1. The average Bonchev–Trinajstić information content (AvgIpc) is 2.19. The van der Waals surface area contributed by atoms with E-state index < -0.39 is 0 Å². The fourth-order valence-electron chi connectivity index (χ4n) is 0.927. The van der Waals surface area contributed by atoms with Crippen molar-refractivity contribution in [2.24, 2.45) is 0 Å². The van der Waals surface area contributed by atoms with E-state index in [-0.39, 0.29) is 7.43 Å². The highest BCUT2D eigenvalue weighted by molar-refractivity contribution is 5.32. The molecule has 0 saturated heterocycles. The van der Waals surface area contributed by atoms with Crippen LogP contribution >= 0.6 is 0 Å². The topological polar surface area (TPSA) is 0 Å². The van der Waals surface area contributed by atoms with Crippen LogP contribution in [0.1, 0.15) is 27.7 Å². The van der Waals surface area contributed by atoms with E-state index in [1.54, 1.807) is 0 Å². The molecule has 1 rings (SSSR count). The molecule has 0 unspecified atom stereocenters. The minimum Gasteiger partial charge on any atom is -0.106 e. The van der Waals surface area contributed by atoms with Crippen LogP contribution in [0.4, 0.5) is 0 Å². The highest BCUT2D eigenvalue weighted by Gasteiger charge is 1.89. The Labute approximate surface area is 89.0 Å². The maximum absolute atomic E-state index is 3.00. The Kier molecular flexibility index (Phi) is 10.6. The average molecular weight is 190 g/mol. The molecule has 0 saturated carbocycles. The lowest BCUT2D eigenvalue weighted by molar-refractivity contribution is 1.26. The molecule has 0 N–H and O–H groups in total. The molecule has 0 aromatic heterocycles. The van der Waals surface area contributed by atoms with Crippen LogP contribution in [0.15, 0.2) is 60.8 Å². The molecule has 0 bridgehead atoms. The van der Waals surface area contributed by atoms with Crippen molar-refractivity contribution in [1.82, 2.24) is 0 Å². The zero-order valence-electron chi connectivity index (χ0n) is 8.59. The van der Waals surface area contributed by atoms with E-state index in [4.69, 9.17) is 0 Å². The van der Waals surface area contributed by atoms with Gasteiger partial charge in [0, 0.05) is 0 Å². The van der Waals surface area contributed by atoms with Gasteiger partial charge in [-0.2, -0.15) is 0 Å². The van der Waals surface area contributed by atoms with Crippen molar-refractivity contribution < 1.29 is 0 Å². The summed E-state index contributed by atoms with van der Waals surface area (Å²) in [5, 5.41) is 0. The monoisotopic (exact) mass is 190 g/mol. The van der Waals surface area contributed by atoms with Gasteiger partial charge in [-0.05, 0) is 25.8 Å². The van der Waals surface area contributed by atoms with Gasteiger partial charge in [-0.25, -0.2) is 0 Å². The second-order valence-corrected chi connectivity index (χ2v) is 2.98. The van der Waals surface area contributed by atoms with Gasteiger partial charge in [0.25, 0.3) is 0 Å². The molecule has 0 fully saturated rings. The second-order valence-electron chi connectivity index (χ2n) is 2.98. The fourth-order valence-corrected chi connectivity index (χ4v) is 0.927. The third kappa shape index (κ3) is 7.35. The Morgan fingerprint density at radius 1 is 1.29 bits per heavy atom. The second kappa shape index (κ2) is 9.79. The van der Waals surface area contributed by atoms with Crippen molar-refractivity contribution in [3.8, 4) is 0 Å². The molecular weight excluding hydrogens is 168 g/mol. The van der Waals surface area contributed by atoms with E-state index in [2.05, 4.69) is 63.5 Å². The van der Waals surface area contributed by atoms with Crippen molar-refractivity contribution >= 4 is 0 Å². The molecule has 0 aromatic carbocycles. The lowest BCUT2D eigenvalue weighted by atomic mass is 10.1. The summed E-state index contributed by atoms with van der Waals surface area (Å²) in [6.07, 6.45) is 13.9. The zero-order chi connectivity index (χ0) is 10.1. The summed E-state index contributed by atoms with van der Waals surface area (Å²) in [6.45, 7) is 10.2. The van der Waals surface area contributed by atoms with E-state index in [1.165, 1.54) is 11.1 Å². The number of hydrogen-bond donors (Lipinski definition) is 0. The van der Waals surface area contributed by atoms with Crippen LogP contribution in [-0.4, -0.2) is 0 Å². The summed E-state index contributed by atoms with van der Waals surface area (Å²) in [6, 6.07) is 0. The highest BCUT2D eigenvalue weighted by Crippen LogP contribution is 2.10. The van der Waals surface area contributed by atoms with Gasteiger partial charge in [0.1, 0.15) is 0 Å². The van der Waals surface area contributed by atoms with Crippen LogP contribution < -0.4 is 0 Å². The number of hydrogen-bond acceptors (Lipinski definition) is 0. The molecule has 0 amide bonds. The molecule has 0 radical (unpaired) electrons. The first-order valence-corrected chi connectivity index (χ1v) is 4.46. The lowest BCUT2D eigenvalue weighted by Gasteiger charge is -1.99. The summed E-state index contributed by atoms with van der Waals surface area (Å²) in [5.74, 6) is 0. The van der Waals surface area contributed by atoms with Crippen LogP contribution in [0.25, 0.3) is 0 Å². The summed E-state index contributed by atoms with van der Waals surface area (Å²) < 4.78 is 0. The van der Waals surface area contributed by atoms with Crippen molar-refractivity contribution in [2.45, 2.75) is 27.7 Å². The molecule has 1 aliphatic carbocycles. The minimum absolute atomic E-state index is 0. The predicted molar refractivity (Wildman–Crippen MR) is 68.4 cm³/mol. The lowest BCUT2D eigenvalue weighted by Crippen LogP contribution is -1.78. The third-order valence-electron chi connectivity index (χ3n) is 1.54. The Morgan fingerprint density at radius 2 is 1.93 bits per heavy atom. The fraction of sp³-hybridized carbons (Fsp3) is 0.286. The summed E-state index contributed by atoms with van der Waals surface area (Å²) in [4.78, 5) is 0. The van der Waals surface area contributed by atoms with Crippen LogP contribution in [0.2, 0.25) is 0 Å². The van der Waals surface area contributed by atoms with Crippen molar-refractivity contribution in [3.05, 3.63) is 60.8 Å². The van der Waals surface area contributed by atoms with E-state index in [0.717, 1.165) is 6.42 Å². The van der Waals surface area contributed by atoms with Gasteiger partial charge in [-0.1, -0.05) is 49.5 Å². The smallest absolute Gasteiger partial charge is 0.00943 e. The minimum atomic E-state index is 0. The first-order chi connectivity index (χ1) is 6.29. The van der Waals surface area contributed by atoms with Crippen molar-refractivity contribution in [3.63, 3.8) is 0 Å². The van der Waals surface area contributed by atoms with Crippen LogP contribution in [0.5, 0.6) is 0 Å². The summed E-state index contributed by atoms with van der Waals surface area (Å²) >= 11 is 0. The van der Waals surface area contributed by atoms with Crippen LogP contribution in [0, 0.1) is 0 Å². The standard InChI is InChI=1S/C11H14.C2H4.CH4/c1-10(2)8-9-11-6-4-3-5-7-11;1-2;/h3-6,8-9H,7H2,1-2H3;1-2H2;1H4/b11-9-;;. The first kappa shape index (κ1) is 15.2. The molecule has 0 atom stereocenters. The maximum Gasteiger partial charge on any atom is -0.00943 e. The van der Waals surface area contributed by atoms with Gasteiger partial charge in [-0.3, -0.25) is 0 Å². The third-order valence-corrected chi connectivity index (χ3v) is 1.54. The van der Waals surface area contributed by atoms with E-state index >= 15 is 0 Å². The first-order valence-electron chi connectivity index (χ1n) is 4.46. The molecule has 0 heterocycles. The predicted octanol–water partition coefficient (Wildman–Crippen LogP) is 4.83. The number of allylic oxidation sites excluding steroid dienone is 8.